The molecule has 1 saturated heterocycles. The normalized spacial score (nSPS) is 20.9. The second-order valence-corrected chi connectivity index (χ2v) is 9.02. The van der Waals surface area contributed by atoms with Gasteiger partial charge in [-0.05, 0) is 42.3 Å². The van der Waals surface area contributed by atoms with Gasteiger partial charge in [-0.25, -0.2) is 4.39 Å². The number of rotatable bonds is 5. The van der Waals surface area contributed by atoms with E-state index in [1.54, 1.807) is 29.0 Å². The number of allylic oxidation sites excluding steroid dienone is 3. The summed E-state index contributed by atoms with van der Waals surface area (Å²) in [4.78, 5) is 25.2. The molecule has 2 amide bonds. The monoisotopic (exact) mass is 483 g/mol. The van der Waals surface area contributed by atoms with Crippen molar-refractivity contribution >= 4 is 34.1 Å². The van der Waals surface area contributed by atoms with Crippen molar-refractivity contribution in [1.82, 2.24) is 9.78 Å². The summed E-state index contributed by atoms with van der Waals surface area (Å²) in [6.07, 6.45) is 8.27. The van der Waals surface area contributed by atoms with Crippen LogP contribution in [0, 0.1) is 17.7 Å². The quantitative estimate of drug-likeness (QED) is 0.558. The molecule has 36 heavy (non-hydrogen) atoms. The molecule has 1 aromatic heterocycles. The van der Waals surface area contributed by atoms with E-state index in [0.29, 0.717) is 42.0 Å². The zero-order valence-electron chi connectivity index (χ0n) is 19.2. The van der Waals surface area contributed by atoms with Crippen LogP contribution in [0.2, 0.25) is 0 Å². The molecule has 8 nitrogen and oxygen atoms in total. The Bertz CT molecular complexity index is 1490. The van der Waals surface area contributed by atoms with Crippen molar-refractivity contribution in [1.29, 1.82) is 0 Å². The molecule has 2 atom stereocenters. The van der Waals surface area contributed by atoms with Crippen LogP contribution in [0.25, 0.3) is 16.6 Å². The lowest BCUT2D eigenvalue weighted by Crippen LogP contribution is -2.17. The standard InChI is InChI=1S/C27H22FN5O3/c28-18-7-10-22-23(13-18)33(14-16-11-12-36-15-16)32-25(22)27(35)29-19-8-5-17(6-9-19)24-20-3-1-2-4-21(20)26(34)31-30-24/h1-10,13,16,21H,11-12,14-15H2,(H,29,35). The largest absolute Gasteiger partial charge is 0.381 e. The van der Waals surface area contributed by atoms with Gasteiger partial charge in [0.15, 0.2) is 5.69 Å². The van der Waals surface area contributed by atoms with E-state index in [0.717, 1.165) is 17.6 Å². The molecule has 1 aliphatic carbocycles. The number of hydrogen-bond donors (Lipinski definition) is 1. The number of fused-ring (bicyclic) bond motifs is 2. The number of azo groups is 1. The fourth-order valence-corrected chi connectivity index (χ4v) is 4.75. The van der Waals surface area contributed by atoms with Crippen molar-refractivity contribution in [2.45, 2.75) is 13.0 Å². The van der Waals surface area contributed by atoms with Gasteiger partial charge >= 0.3 is 0 Å². The molecule has 180 valence electrons. The molecule has 0 spiro atoms. The Morgan fingerprint density at radius 3 is 2.81 bits per heavy atom. The third kappa shape index (κ3) is 4.07. The number of amides is 2. The number of hydrogen-bond acceptors (Lipinski definition) is 5. The third-order valence-corrected chi connectivity index (χ3v) is 6.61. The maximum absolute atomic E-state index is 14.0. The van der Waals surface area contributed by atoms with Gasteiger partial charge in [-0.15, -0.1) is 10.2 Å². The molecular formula is C27H22FN5O3. The smallest absolute Gasteiger partial charge is 0.276 e. The summed E-state index contributed by atoms with van der Waals surface area (Å²) in [5, 5.41) is 15.9. The molecule has 0 bridgehead atoms. The van der Waals surface area contributed by atoms with Gasteiger partial charge in [-0.1, -0.05) is 36.4 Å². The number of aromatic nitrogens is 2. The number of benzene rings is 2. The molecule has 1 fully saturated rings. The average molecular weight is 484 g/mol. The van der Waals surface area contributed by atoms with E-state index in [1.807, 2.05) is 30.4 Å². The summed E-state index contributed by atoms with van der Waals surface area (Å²) >= 11 is 0. The molecule has 2 aliphatic heterocycles. The molecule has 3 aromatic rings. The van der Waals surface area contributed by atoms with Crippen molar-refractivity contribution in [3.8, 4) is 0 Å². The molecule has 3 aliphatic rings. The predicted octanol–water partition coefficient (Wildman–Crippen LogP) is 4.91. The molecule has 6 rings (SSSR count). The molecule has 0 saturated carbocycles. The van der Waals surface area contributed by atoms with Crippen molar-refractivity contribution in [2.24, 2.45) is 22.1 Å². The average Bonchev–Trinajstić information content (AvgIpc) is 3.53. The highest BCUT2D eigenvalue weighted by Crippen LogP contribution is 2.34. The van der Waals surface area contributed by atoms with E-state index in [4.69, 9.17) is 4.74 Å². The van der Waals surface area contributed by atoms with Gasteiger partial charge in [0.05, 0.1) is 23.7 Å². The van der Waals surface area contributed by atoms with E-state index in [9.17, 15) is 14.0 Å². The fourth-order valence-electron chi connectivity index (χ4n) is 4.75. The topological polar surface area (TPSA) is 97.9 Å². The first-order valence-corrected chi connectivity index (χ1v) is 11.8. The van der Waals surface area contributed by atoms with Crippen molar-refractivity contribution in [2.75, 3.05) is 18.5 Å². The second-order valence-electron chi connectivity index (χ2n) is 9.02. The van der Waals surface area contributed by atoms with Gasteiger partial charge in [-0.2, -0.15) is 5.10 Å². The van der Waals surface area contributed by atoms with Gasteiger partial charge in [0, 0.05) is 35.7 Å². The van der Waals surface area contributed by atoms with Gasteiger partial charge < -0.3 is 10.1 Å². The summed E-state index contributed by atoms with van der Waals surface area (Å²) < 4.78 is 21.1. The number of halogens is 1. The SMILES string of the molecule is O=C(Nc1ccc(C2=C3C=CC=CC3C(=O)N=N2)cc1)c1nn(CC2CCOC2)c2cc(F)ccc12. The Kier molecular flexibility index (Phi) is 5.61. The van der Waals surface area contributed by atoms with E-state index < -0.39 is 5.92 Å². The van der Waals surface area contributed by atoms with E-state index in [1.165, 1.54) is 12.1 Å². The number of nitrogens with one attached hydrogen (secondary N) is 1. The zero-order chi connectivity index (χ0) is 24.6. The first kappa shape index (κ1) is 22.2. The third-order valence-electron chi connectivity index (χ3n) is 6.61. The van der Waals surface area contributed by atoms with Gasteiger partial charge in [-0.3, -0.25) is 14.3 Å². The number of anilines is 1. The Hall–Kier alpha value is -4.24. The molecule has 2 unspecified atom stereocenters. The van der Waals surface area contributed by atoms with Crippen LogP contribution < -0.4 is 5.32 Å². The minimum atomic E-state index is -0.425. The molecular weight excluding hydrogens is 461 g/mol. The van der Waals surface area contributed by atoms with E-state index in [2.05, 4.69) is 20.6 Å². The van der Waals surface area contributed by atoms with Crippen molar-refractivity contribution < 1.29 is 18.7 Å². The number of carbonyl (C=O) groups is 2. The van der Waals surface area contributed by atoms with Crippen molar-refractivity contribution in [3.63, 3.8) is 0 Å². The number of carbonyl (C=O) groups excluding carboxylic acids is 2. The fraction of sp³-hybridized carbons (Fsp3) is 0.222. The van der Waals surface area contributed by atoms with E-state index >= 15 is 0 Å². The van der Waals surface area contributed by atoms with Crippen LogP contribution >= 0.6 is 0 Å². The molecule has 2 aromatic carbocycles. The minimum absolute atomic E-state index is 0.236. The highest BCUT2D eigenvalue weighted by atomic mass is 19.1. The van der Waals surface area contributed by atoms with Crippen LogP contribution in [0.4, 0.5) is 10.1 Å². The summed E-state index contributed by atoms with van der Waals surface area (Å²) in [5.41, 5.74) is 3.60. The minimum Gasteiger partial charge on any atom is -0.381 e. The highest BCUT2D eigenvalue weighted by Gasteiger charge is 2.28. The summed E-state index contributed by atoms with van der Waals surface area (Å²) in [6, 6.07) is 11.5. The summed E-state index contributed by atoms with van der Waals surface area (Å²) in [7, 11) is 0. The Morgan fingerprint density at radius 1 is 1.14 bits per heavy atom. The van der Waals surface area contributed by atoms with Crippen LogP contribution in [-0.4, -0.2) is 34.8 Å². The van der Waals surface area contributed by atoms with Crippen LogP contribution in [0.1, 0.15) is 22.5 Å². The number of ether oxygens (including phenoxy) is 1. The lowest BCUT2D eigenvalue weighted by Gasteiger charge is -2.19. The molecule has 0 radical (unpaired) electrons. The second kappa shape index (κ2) is 9.09. The zero-order valence-corrected chi connectivity index (χ0v) is 19.2. The summed E-state index contributed by atoms with van der Waals surface area (Å²) in [5.74, 6) is -1.20. The molecule has 1 N–H and O–H groups in total. The Labute approximate surface area is 205 Å². The lowest BCUT2D eigenvalue weighted by molar-refractivity contribution is -0.119. The summed E-state index contributed by atoms with van der Waals surface area (Å²) in [6.45, 7) is 1.88. The van der Waals surface area contributed by atoms with Crippen molar-refractivity contribution in [3.05, 3.63) is 89.4 Å². The maximum Gasteiger partial charge on any atom is 0.276 e. The van der Waals surface area contributed by atoms with Gasteiger partial charge in [0.25, 0.3) is 11.8 Å². The van der Waals surface area contributed by atoms with Crippen LogP contribution in [-0.2, 0) is 16.1 Å². The number of nitrogens with zero attached hydrogens (tertiary/aromatic N) is 4. The first-order valence-electron chi connectivity index (χ1n) is 11.8. The van der Waals surface area contributed by atoms with Crippen LogP contribution in [0.3, 0.4) is 0 Å². The maximum atomic E-state index is 14.0. The van der Waals surface area contributed by atoms with Crippen LogP contribution in [0.15, 0.2) is 82.6 Å². The predicted molar refractivity (Wildman–Crippen MR) is 132 cm³/mol. The van der Waals surface area contributed by atoms with Gasteiger partial charge in [0.1, 0.15) is 5.82 Å². The molecule has 3 heterocycles. The van der Waals surface area contributed by atoms with Crippen LogP contribution in [0.5, 0.6) is 0 Å². The van der Waals surface area contributed by atoms with E-state index in [-0.39, 0.29) is 29.2 Å². The van der Waals surface area contributed by atoms with Gasteiger partial charge in [0.2, 0.25) is 0 Å². The molecule has 9 heteroatoms. The Balaban J connectivity index is 1.25. The lowest BCUT2D eigenvalue weighted by atomic mass is 9.89. The highest BCUT2D eigenvalue weighted by molar-refractivity contribution is 6.11. The Morgan fingerprint density at radius 2 is 2.00 bits per heavy atom. The first-order chi connectivity index (χ1) is 17.6.